The van der Waals surface area contributed by atoms with Gasteiger partial charge in [-0.2, -0.15) is 0 Å². The summed E-state index contributed by atoms with van der Waals surface area (Å²) in [5, 5.41) is 0. The Morgan fingerprint density at radius 1 is 1.13 bits per heavy atom. The molecule has 2 saturated carbocycles. The van der Waals surface area contributed by atoms with E-state index in [1.54, 1.807) is 5.57 Å². The Labute approximate surface area is 94.1 Å². The molecule has 2 fully saturated rings. The summed E-state index contributed by atoms with van der Waals surface area (Å²) in [7, 11) is 0. The van der Waals surface area contributed by atoms with Crippen molar-refractivity contribution >= 4 is 0 Å². The summed E-state index contributed by atoms with van der Waals surface area (Å²) >= 11 is 0. The Morgan fingerprint density at radius 3 is 2.60 bits per heavy atom. The Morgan fingerprint density at radius 2 is 1.87 bits per heavy atom. The smallest absolute Gasteiger partial charge is 0.0110 e. The molecular weight excluding hydrogens is 180 g/mol. The summed E-state index contributed by atoms with van der Waals surface area (Å²) in [5.74, 6) is 3.91. The highest BCUT2D eigenvalue weighted by molar-refractivity contribution is 5.34. The maximum Gasteiger partial charge on any atom is -0.0110 e. The minimum atomic E-state index is 0.638. The van der Waals surface area contributed by atoms with Crippen molar-refractivity contribution < 1.29 is 0 Å². The van der Waals surface area contributed by atoms with E-state index in [0.717, 1.165) is 23.7 Å². The van der Waals surface area contributed by atoms with Crippen LogP contribution >= 0.6 is 0 Å². The van der Waals surface area contributed by atoms with Gasteiger partial charge in [0, 0.05) is 0 Å². The maximum absolute atomic E-state index is 2.49. The second-order valence-corrected chi connectivity index (χ2v) is 6.84. The van der Waals surface area contributed by atoms with Crippen LogP contribution in [-0.2, 0) is 0 Å². The van der Waals surface area contributed by atoms with E-state index in [1.165, 1.54) is 25.7 Å². The molecule has 0 heterocycles. The predicted molar refractivity (Wildman–Crippen MR) is 64.6 cm³/mol. The van der Waals surface area contributed by atoms with Gasteiger partial charge in [-0.05, 0) is 61.7 Å². The van der Waals surface area contributed by atoms with E-state index < -0.39 is 0 Å². The second-order valence-electron chi connectivity index (χ2n) is 6.84. The molecule has 0 bridgehead atoms. The number of rotatable bonds is 0. The van der Waals surface area contributed by atoms with Crippen LogP contribution < -0.4 is 0 Å². The molecular formula is C15H24. The van der Waals surface area contributed by atoms with Gasteiger partial charge >= 0.3 is 0 Å². The fourth-order valence-corrected chi connectivity index (χ4v) is 4.62. The van der Waals surface area contributed by atoms with Gasteiger partial charge in [0.25, 0.3) is 0 Å². The standard InChI is InChI=1S/C15H24/c1-9-6-8-12-14(15(12,3)4)13-10(2)5-7-11(9)13/h9,11-12,14H,5-8H2,1-4H3/t9-,11-,12-,14-/m0/s1. The van der Waals surface area contributed by atoms with E-state index in [0.29, 0.717) is 5.41 Å². The molecule has 0 aromatic rings. The molecule has 0 N–H and O–H groups in total. The number of allylic oxidation sites excluding steroid dienone is 2. The number of fused-ring (bicyclic) bond motifs is 3. The van der Waals surface area contributed by atoms with Crippen molar-refractivity contribution in [3.63, 3.8) is 0 Å². The molecule has 4 atom stereocenters. The first kappa shape index (κ1) is 9.93. The Bertz CT molecular complexity index is 321. The predicted octanol–water partition coefficient (Wildman–Crippen LogP) is 4.42. The van der Waals surface area contributed by atoms with Crippen molar-refractivity contribution in [1.29, 1.82) is 0 Å². The van der Waals surface area contributed by atoms with Gasteiger partial charge in [0.2, 0.25) is 0 Å². The molecule has 0 unspecified atom stereocenters. The van der Waals surface area contributed by atoms with Gasteiger partial charge in [0.15, 0.2) is 0 Å². The summed E-state index contributed by atoms with van der Waals surface area (Å²) in [6.07, 6.45) is 5.82. The Hall–Kier alpha value is -0.260. The molecule has 0 amide bonds. The summed E-state index contributed by atoms with van der Waals surface area (Å²) in [6, 6.07) is 0. The normalized spacial score (nSPS) is 47.2. The van der Waals surface area contributed by atoms with Gasteiger partial charge in [-0.15, -0.1) is 0 Å². The van der Waals surface area contributed by atoms with E-state index in [9.17, 15) is 0 Å². The van der Waals surface area contributed by atoms with E-state index in [4.69, 9.17) is 0 Å². The zero-order chi connectivity index (χ0) is 10.8. The van der Waals surface area contributed by atoms with E-state index in [-0.39, 0.29) is 0 Å². The minimum absolute atomic E-state index is 0.638. The van der Waals surface area contributed by atoms with Gasteiger partial charge < -0.3 is 0 Å². The lowest BCUT2D eigenvalue weighted by molar-refractivity contribution is 0.351. The summed E-state index contributed by atoms with van der Waals surface area (Å²) in [5.41, 5.74) is 4.31. The molecule has 0 nitrogen and oxygen atoms in total. The summed E-state index contributed by atoms with van der Waals surface area (Å²) in [4.78, 5) is 0. The van der Waals surface area contributed by atoms with Crippen LogP contribution in [0.15, 0.2) is 11.1 Å². The van der Waals surface area contributed by atoms with Crippen molar-refractivity contribution in [2.75, 3.05) is 0 Å². The van der Waals surface area contributed by atoms with Crippen molar-refractivity contribution in [2.45, 2.75) is 53.4 Å². The van der Waals surface area contributed by atoms with E-state index >= 15 is 0 Å². The fourth-order valence-electron chi connectivity index (χ4n) is 4.62. The zero-order valence-corrected chi connectivity index (χ0v) is 10.6. The number of hydrogen-bond donors (Lipinski definition) is 0. The lowest BCUT2D eigenvalue weighted by Crippen LogP contribution is -2.13. The van der Waals surface area contributed by atoms with Gasteiger partial charge in [0.1, 0.15) is 0 Å². The van der Waals surface area contributed by atoms with Crippen LogP contribution in [0.5, 0.6) is 0 Å². The van der Waals surface area contributed by atoms with Crippen LogP contribution in [0.4, 0.5) is 0 Å². The highest BCUT2D eigenvalue weighted by Crippen LogP contribution is 2.69. The largest absolute Gasteiger partial charge is 0.0735 e. The van der Waals surface area contributed by atoms with Crippen molar-refractivity contribution in [3.8, 4) is 0 Å². The highest BCUT2D eigenvalue weighted by atomic mass is 14.7. The average Bonchev–Trinajstić information content (AvgIpc) is 2.55. The van der Waals surface area contributed by atoms with Crippen molar-refractivity contribution in [2.24, 2.45) is 29.1 Å². The summed E-state index contributed by atoms with van der Waals surface area (Å²) in [6.45, 7) is 9.88. The van der Waals surface area contributed by atoms with Crippen LogP contribution in [0.1, 0.15) is 53.4 Å². The Balaban J connectivity index is 2.00. The van der Waals surface area contributed by atoms with Crippen molar-refractivity contribution in [1.82, 2.24) is 0 Å². The molecule has 0 saturated heterocycles. The van der Waals surface area contributed by atoms with Crippen molar-refractivity contribution in [3.05, 3.63) is 11.1 Å². The lowest BCUT2D eigenvalue weighted by Gasteiger charge is -2.23. The molecule has 0 aromatic carbocycles. The van der Waals surface area contributed by atoms with Gasteiger partial charge in [-0.1, -0.05) is 31.9 Å². The first-order valence-electron chi connectivity index (χ1n) is 6.73. The molecule has 84 valence electrons. The third-order valence-electron chi connectivity index (χ3n) is 5.73. The molecule has 3 rings (SSSR count). The third-order valence-corrected chi connectivity index (χ3v) is 5.73. The monoisotopic (exact) mass is 204 g/mol. The third kappa shape index (κ3) is 1.20. The molecule has 0 spiro atoms. The van der Waals surface area contributed by atoms with Crippen LogP contribution in [0.25, 0.3) is 0 Å². The highest BCUT2D eigenvalue weighted by Gasteiger charge is 2.61. The van der Waals surface area contributed by atoms with Crippen LogP contribution in [-0.4, -0.2) is 0 Å². The molecule has 0 aliphatic heterocycles. The van der Waals surface area contributed by atoms with E-state index in [1.807, 2.05) is 5.57 Å². The topological polar surface area (TPSA) is 0 Å². The van der Waals surface area contributed by atoms with Crippen LogP contribution in [0, 0.1) is 29.1 Å². The molecule has 0 heteroatoms. The molecule has 15 heavy (non-hydrogen) atoms. The molecule has 3 aliphatic carbocycles. The van der Waals surface area contributed by atoms with Crippen LogP contribution in [0.3, 0.4) is 0 Å². The Kier molecular flexibility index (Phi) is 1.92. The minimum Gasteiger partial charge on any atom is -0.0735 e. The lowest BCUT2D eigenvalue weighted by atomic mass is 9.82. The molecule has 3 aliphatic rings. The number of hydrogen-bond acceptors (Lipinski definition) is 0. The maximum atomic E-state index is 2.49. The zero-order valence-electron chi connectivity index (χ0n) is 10.6. The fraction of sp³-hybridized carbons (Fsp3) is 0.867. The summed E-state index contributed by atoms with van der Waals surface area (Å²) < 4.78 is 0. The molecule has 0 aromatic heterocycles. The van der Waals surface area contributed by atoms with E-state index in [2.05, 4.69) is 27.7 Å². The SMILES string of the molecule is CC1=C2[C@@H](CC1)[C@@H](C)CC[C@H]1[C@@H]2C1(C)C. The quantitative estimate of drug-likeness (QED) is 0.513. The second kappa shape index (κ2) is 2.90. The van der Waals surface area contributed by atoms with Gasteiger partial charge in [-0.25, -0.2) is 0 Å². The van der Waals surface area contributed by atoms with Gasteiger partial charge in [-0.3, -0.25) is 0 Å². The van der Waals surface area contributed by atoms with Gasteiger partial charge in [0.05, 0.1) is 0 Å². The average molecular weight is 204 g/mol. The van der Waals surface area contributed by atoms with Crippen LogP contribution in [0.2, 0.25) is 0 Å². The first-order chi connectivity index (χ1) is 7.03. The molecule has 0 radical (unpaired) electrons. The first-order valence-corrected chi connectivity index (χ1v) is 6.73.